The summed E-state index contributed by atoms with van der Waals surface area (Å²) in [5.41, 5.74) is 0.476. The van der Waals surface area contributed by atoms with E-state index in [1.807, 2.05) is 6.92 Å². The molecule has 0 radical (unpaired) electrons. The Hall–Kier alpha value is -1.95. The summed E-state index contributed by atoms with van der Waals surface area (Å²) < 4.78 is 0. The van der Waals surface area contributed by atoms with Crippen LogP contribution in [0.25, 0.3) is 0 Å². The van der Waals surface area contributed by atoms with Crippen LogP contribution in [-0.2, 0) is 4.79 Å². The maximum absolute atomic E-state index is 12.0. The van der Waals surface area contributed by atoms with Crippen LogP contribution >= 0.6 is 0 Å². The average Bonchev–Trinajstić information content (AvgIpc) is 2.76. The second-order valence-corrected chi connectivity index (χ2v) is 4.39. The van der Waals surface area contributed by atoms with Gasteiger partial charge in [-0.05, 0) is 26.0 Å². The summed E-state index contributed by atoms with van der Waals surface area (Å²) in [5, 5.41) is 14.7. The van der Waals surface area contributed by atoms with Crippen molar-refractivity contribution in [2.45, 2.75) is 19.4 Å². The van der Waals surface area contributed by atoms with Crippen LogP contribution in [0.4, 0.5) is 5.69 Å². The Kier molecular flexibility index (Phi) is 3.57. The van der Waals surface area contributed by atoms with E-state index < -0.39 is 5.97 Å². The summed E-state index contributed by atoms with van der Waals surface area (Å²) in [6.07, 6.45) is 3.48. The number of carbonyl (C=O) groups excluding carboxylic acids is 1. The van der Waals surface area contributed by atoms with E-state index in [9.17, 15) is 9.59 Å². The number of hydrogen-bond acceptors (Lipinski definition) is 4. The molecule has 6 nitrogen and oxygen atoms in total. The second-order valence-electron chi connectivity index (χ2n) is 4.39. The fraction of sp³-hybridized carbons (Fsp3) is 0.417. The molecule has 3 N–H and O–H groups in total. The van der Waals surface area contributed by atoms with E-state index in [0.717, 1.165) is 13.0 Å². The molecule has 1 fully saturated rings. The van der Waals surface area contributed by atoms with Crippen molar-refractivity contribution >= 4 is 17.6 Å². The van der Waals surface area contributed by atoms with E-state index >= 15 is 0 Å². The zero-order valence-electron chi connectivity index (χ0n) is 10.0. The first-order valence-electron chi connectivity index (χ1n) is 5.80. The average molecular weight is 249 g/mol. The molecule has 0 spiro atoms. The zero-order valence-corrected chi connectivity index (χ0v) is 10.0. The Morgan fingerprint density at radius 3 is 2.89 bits per heavy atom. The van der Waals surface area contributed by atoms with Crippen molar-refractivity contribution in [1.82, 2.24) is 10.3 Å². The molecular weight excluding hydrogens is 234 g/mol. The second kappa shape index (κ2) is 5.14. The Morgan fingerprint density at radius 1 is 1.50 bits per heavy atom. The van der Waals surface area contributed by atoms with E-state index in [4.69, 9.17) is 5.11 Å². The number of carboxylic acids is 1. The molecule has 2 atom stereocenters. The van der Waals surface area contributed by atoms with E-state index in [1.54, 1.807) is 0 Å². The zero-order chi connectivity index (χ0) is 13.1. The number of carbonyl (C=O) groups is 2. The largest absolute Gasteiger partial charge is 0.478 e. The van der Waals surface area contributed by atoms with Gasteiger partial charge < -0.3 is 15.7 Å². The van der Waals surface area contributed by atoms with Crippen molar-refractivity contribution < 1.29 is 14.7 Å². The van der Waals surface area contributed by atoms with Gasteiger partial charge in [-0.15, -0.1) is 0 Å². The summed E-state index contributed by atoms with van der Waals surface area (Å²) in [6, 6.07) is 1.54. The number of nitrogens with zero attached hydrogens (tertiary/aromatic N) is 1. The van der Waals surface area contributed by atoms with Crippen LogP contribution < -0.4 is 10.6 Å². The normalized spacial score (nSPS) is 22.7. The van der Waals surface area contributed by atoms with Crippen molar-refractivity contribution in [3.8, 4) is 0 Å². The molecule has 2 unspecified atom stereocenters. The molecule has 1 aliphatic heterocycles. The Labute approximate surface area is 104 Å². The van der Waals surface area contributed by atoms with Gasteiger partial charge in [0.05, 0.1) is 23.4 Å². The minimum Gasteiger partial charge on any atom is -0.478 e. The molecular formula is C12H15N3O3. The lowest BCUT2D eigenvalue weighted by molar-refractivity contribution is -0.120. The number of hydrogen-bond donors (Lipinski definition) is 3. The van der Waals surface area contributed by atoms with E-state index in [0.29, 0.717) is 5.69 Å². The molecule has 6 heteroatoms. The number of nitrogens with one attached hydrogen (secondary N) is 2. The first-order chi connectivity index (χ1) is 8.58. The molecule has 2 heterocycles. The highest BCUT2D eigenvalue weighted by Gasteiger charge is 2.29. The smallest absolute Gasteiger partial charge is 0.337 e. The van der Waals surface area contributed by atoms with Crippen molar-refractivity contribution in [1.29, 1.82) is 0 Å². The van der Waals surface area contributed by atoms with Gasteiger partial charge >= 0.3 is 5.97 Å². The monoisotopic (exact) mass is 249 g/mol. The first-order valence-corrected chi connectivity index (χ1v) is 5.80. The third-order valence-corrected chi connectivity index (χ3v) is 3.11. The fourth-order valence-electron chi connectivity index (χ4n) is 2.08. The minimum absolute atomic E-state index is 0.0606. The fourth-order valence-corrected chi connectivity index (χ4v) is 2.08. The molecule has 0 saturated carbocycles. The molecule has 18 heavy (non-hydrogen) atoms. The predicted molar refractivity (Wildman–Crippen MR) is 65.4 cm³/mol. The molecule has 96 valence electrons. The lowest BCUT2D eigenvalue weighted by Crippen LogP contribution is -2.32. The summed E-state index contributed by atoms with van der Waals surface area (Å²) in [7, 11) is 0. The topological polar surface area (TPSA) is 91.3 Å². The van der Waals surface area contributed by atoms with Crippen molar-refractivity contribution in [3.63, 3.8) is 0 Å². The van der Waals surface area contributed by atoms with Gasteiger partial charge in [-0.1, -0.05) is 0 Å². The third-order valence-electron chi connectivity index (χ3n) is 3.11. The SMILES string of the molecule is CC1NCCC1C(=O)Nc1cncc(C(=O)O)c1. The molecule has 1 aromatic rings. The van der Waals surface area contributed by atoms with Crippen molar-refractivity contribution in [2.75, 3.05) is 11.9 Å². The van der Waals surface area contributed by atoms with Crippen molar-refractivity contribution in [2.24, 2.45) is 5.92 Å². The Morgan fingerprint density at radius 2 is 2.28 bits per heavy atom. The van der Waals surface area contributed by atoms with Crippen LogP contribution in [0.15, 0.2) is 18.5 Å². The number of aromatic carboxylic acids is 1. The molecule has 0 aromatic carbocycles. The van der Waals surface area contributed by atoms with E-state index in [-0.39, 0.29) is 23.4 Å². The van der Waals surface area contributed by atoms with Gasteiger partial charge in [0.25, 0.3) is 0 Å². The van der Waals surface area contributed by atoms with Crippen LogP contribution in [0.2, 0.25) is 0 Å². The maximum Gasteiger partial charge on any atom is 0.337 e. The molecule has 0 bridgehead atoms. The van der Waals surface area contributed by atoms with Crippen LogP contribution in [0.1, 0.15) is 23.7 Å². The van der Waals surface area contributed by atoms with Gasteiger partial charge in [0, 0.05) is 12.2 Å². The van der Waals surface area contributed by atoms with Gasteiger partial charge in [-0.25, -0.2) is 4.79 Å². The lowest BCUT2D eigenvalue weighted by Gasteiger charge is -2.14. The van der Waals surface area contributed by atoms with Gasteiger partial charge in [-0.2, -0.15) is 0 Å². The quantitative estimate of drug-likeness (QED) is 0.734. The number of anilines is 1. The van der Waals surface area contributed by atoms with Gasteiger partial charge in [0.2, 0.25) is 5.91 Å². The number of aromatic nitrogens is 1. The molecule has 1 aliphatic rings. The summed E-state index contributed by atoms with van der Waals surface area (Å²) >= 11 is 0. The Bertz CT molecular complexity index is 475. The highest BCUT2D eigenvalue weighted by Crippen LogP contribution is 2.18. The third kappa shape index (κ3) is 2.65. The lowest BCUT2D eigenvalue weighted by atomic mass is 10.0. The maximum atomic E-state index is 12.0. The molecule has 1 amide bonds. The number of carboxylic acid groups (broad SMARTS) is 1. The predicted octanol–water partition coefficient (Wildman–Crippen LogP) is 0.716. The van der Waals surface area contributed by atoms with Crippen LogP contribution in [0, 0.1) is 5.92 Å². The summed E-state index contributed by atoms with van der Waals surface area (Å²) in [6.45, 7) is 2.79. The molecule has 0 aliphatic carbocycles. The molecule has 1 aromatic heterocycles. The van der Waals surface area contributed by atoms with E-state index in [2.05, 4.69) is 15.6 Å². The van der Waals surface area contributed by atoms with Gasteiger partial charge in [0.1, 0.15) is 0 Å². The van der Waals surface area contributed by atoms with E-state index in [1.165, 1.54) is 18.5 Å². The highest BCUT2D eigenvalue weighted by molar-refractivity contribution is 5.95. The van der Waals surface area contributed by atoms with Gasteiger partial charge in [-0.3, -0.25) is 9.78 Å². The van der Waals surface area contributed by atoms with Crippen molar-refractivity contribution in [3.05, 3.63) is 24.0 Å². The van der Waals surface area contributed by atoms with Gasteiger partial charge in [0.15, 0.2) is 0 Å². The summed E-state index contributed by atoms with van der Waals surface area (Å²) in [5.74, 6) is -1.25. The number of rotatable bonds is 3. The molecule has 2 rings (SSSR count). The molecule has 1 saturated heterocycles. The van der Waals surface area contributed by atoms with Crippen LogP contribution in [0.5, 0.6) is 0 Å². The Balaban J connectivity index is 2.07. The van der Waals surface area contributed by atoms with Crippen LogP contribution in [0.3, 0.4) is 0 Å². The standard InChI is InChI=1S/C12H15N3O3/c1-7-10(2-3-14-7)11(16)15-9-4-8(12(17)18)5-13-6-9/h4-7,10,14H,2-3H2,1H3,(H,15,16)(H,17,18). The minimum atomic E-state index is -1.06. The first kappa shape index (κ1) is 12.5. The number of amides is 1. The summed E-state index contributed by atoms with van der Waals surface area (Å²) in [4.78, 5) is 26.6. The highest BCUT2D eigenvalue weighted by atomic mass is 16.4. The van der Waals surface area contributed by atoms with Crippen LogP contribution in [-0.4, -0.2) is 34.6 Å². The number of pyridine rings is 1.